The van der Waals surface area contributed by atoms with E-state index in [4.69, 9.17) is 14.6 Å². The van der Waals surface area contributed by atoms with Crippen LogP contribution in [0.3, 0.4) is 0 Å². The van der Waals surface area contributed by atoms with E-state index in [0.717, 1.165) is 0 Å². The fourth-order valence-corrected chi connectivity index (χ4v) is 1.20. The molecule has 0 aliphatic rings. The predicted molar refractivity (Wildman–Crippen MR) is 65.3 cm³/mol. The number of carbonyl (C=O) groups is 2. The van der Waals surface area contributed by atoms with Crippen molar-refractivity contribution in [1.82, 2.24) is 0 Å². The van der Waals surface area contributed by atoms with Gasteiger partial charge in [-0.25, -0.2) is 0 Å². The lowest BCUT2D eigenvalue weighted by atomic mass is 9.95. The zero-order valence-corrected chi connectivity index (χ0v) is 10.6. The molecule has 0 heterocycles. The topological polar surface area (TPSA) is 72.8 Å². The molecule has 0 saturated carbocycles. The average Bonchev–Trinajstić information content (AvgIpc) is 2.35. The second kappa shape index (κ2) is 5.53. The maximum Gasteiger partial charge on any atom is 0.312 e. The molecule has 1 rings (SSSR count). The Morgan fingerprint density at radius 3 is 2.61 bits per heavy atom. The standard InChI is InChI=1S/C13H16O5/c1-13(2,12(15)16)8-18-11-5-4-10(17-3)6-9(11)7-14/h4-7H,8H2,1-3H3,(H,15,16). The fraction of sp³-hybridized carbons (Fsp3) is 0.385. The van der Waals surface area contributed by atoms with Crippen LogP contribution in [0.1, 0.15) is 24.2 Å². The van der Waals surface area contributed by atoms with E-state index in [1.54, 1.807) is 26.0 Å². The molecule has 0 fully saturated rings. The third-order valence-electron chi connectivity index (χ3n) is 2.51. The first-order valence-corrected chi connectivity index (χ1v) is 5.40. The van der Waals surface area contributed by atoms with Gasteiger partial charge in [-0.1, -0.05) is 0 Å². The summed E-state index contributed by atoms with van der Waals surface area (Å²) in [6, 6.07) is 4.77. The number of hydrogen-bond acceptors (Lipinski definition) is 4. The largest absolute Gasteiger partial charge is 0.497 e. The highest BCUT2D eigenvalue weighted by Gasteiger charge is 2.28. The van der Waals surface area contributed by atoms with Gasteiger partial charge in [-0.15, -0.1) is 0 Å². The molecule has 1 aromatic rings. The highest BCUT2D eigenvalue weighted by molar-refractivity contribution is 5.80. The van der Waals surface area contributed by atoms with Crippen LogP contribution >= 0.6 is 0 Å². The van der Waals surface area contributed by atoms with Crippen molar-refractivity contribution >= 4 is 12.3 Å². The normalized spacial score (nSPS) is 10.8. The van der Waals surface area contributed by atoms with Crippen LogP contribution in [0.4, 0.5) is 0 Å². The monoisotopic (exact) mass is 252 g/mol. The first-order chi connectivity index (χ1) is 8.40. The van der Waals surface area contributed by atoms with E-state index in [1.165, 1.54) is 13.2 Å². The fourth-order valence-electron chi connectivity index (χ4n) is 1.20. The smallest absolute Gasteiger partial charge is 0.312 e. The lowest BCUT2D eigenvalue weighted by Crippen LogP contribution is -2.30. The first kappa shape index (κ1) is 14.0. The Bertz CT molecular complexity index is 451. The summed E-state index contributed by atoms with van der Waals surface area (Å²) in [6.07, 6.45) is 0.644. The van der Waals surface area contributed by atoms with E-state index in [1.807, 2.05) is 0 Å². The van der Waals surface area contributed by atoms with Gasteiger partial charge < -0.3 is 14.6 Å². The predicted octanol–water partition coefficient (Wildman–Crippen LogP) is 2.00. The second-order valence-electron chi connectivity index (χ2n) is 4.50. The highest BCUT2D eigenvalue weighted by atomic mass is 16.5. The molecule has 0 atom stereocenters. The van der Waals surface area contributed by atoms with Crippen LogP contribution in [-0.4, -0.2) is 31.1 Å². The van der Waals surface area contributed by atoms with Gasteiger partial charge in [-0.3, -0.25) is 9.59 Å². The molecule has 0 bridgehead atoms. The lowest BCUT2D eigenvalue weighted by molar-refractivity contribution is -0.148. The molecule has 5 nitrogen and oxygen atoms in total. The maximum absolute atomic E-state index is 10.9. The molecule has 98 valence electrons. The van der Waals surface area contributed by atoms with E-state index in [9.17, 15) is 9.59 Å². The van der Waals surface area contributed by atoms with E-state index in [2.05, 4.69) is 0 Å². The molecule has 0 aliphatic carbocycles. The Kier molecular flexibility index (Phi) is 4.31. The number of benzene rings is 1. The number of aldehydes is 1. The van der Waals surface area contributed by atoms with Gasteiger partial charge >= 0.3 is 5.97 Å². The number of hydrogen-bond donors (Lipinski definition) is 1. The highest BCUT2D eigenvalue weighted by Crippen LogP contribution is 2.25. The number of ether oxygens (including phenoxy) is 2. The number of carboxylic acid groups (broad SMARTS) is 1. The number of rotatable bonds is 6. The SMILES string of the molecule is COc1ccc(OCC(C)(C)C(=O)O)c(C=O)c1. The molecule has 0 radical (unpaired) electrons. The van der Waals surface area contributed by atoms with Gasteiger partial charge in [-0.05, 0) is 32.0 Å². The summed E-state index contributed by atoms with van der Waals surface area (Å²) in [5.41, 5.74) is -0.685. The summed E-state index contributed by atoms with van der Waals surface area (Å²) in [6.45, 7) is 3.09. The minimum atomic E-state index is -1.01. The zero-order valence-electron chi connectivity index (χ0n) is 10.6. The molecule has 0 unspecified atom stereocenters. The molecule has 0 saturated heterocycles. The number of carbonyl (C=O) groups excluding carboxylic acids is 1. The molecule has 18 heavy (non-hydrogen) atoms. The van der Waals surface area contributed by atoms with Crippen LogP contribution in [0.2, 0.25) is 0 Å². The van der Waals surface area contributed by atoms with Crippen LogP contribution in [0.5, 0.6) is 11.5 Å². The molecule has 1 aromatic carbocycles. The first-order valence-electron chi connectivity index (χ1n) is 5.40. The Labute approximate surface area is 105 Å². The molecule has 0 aromatic heterocycles. The summed E-state index contributed by atoms with van der Waals surface area (Å²) < 4.78 is 10.4. The summed E-state index contributed by atoms with van der Waals surface area (Å²) in [5, 5.41) is 8.96. The summed E-state index contributed by atoms with van der Waals surface area (Å²) in [5.74, 6) is -0.0641. The van der Waals surface area contributed by atoms with Gasteiger partial charge in [0.05, 0.1) is 18.1 Å². The number of carboxylic acids is 1. The summed E-state index contributed by atoms with van der Waals surface area (Å²) in [7, 11) is 1.50. The van der Waals surface area contributed by atoms with Crippen LogP contribution in [-0.2, 0) is 4.79 Å². The molecule has 0 spiro atoms. The zero-order chi connectivity index (χ0) is 13.8. The van der Waals surface area contributed by atoms with Crippen LogP contribution < -0.4 is 9.47 Å². The molecule has 1 N–H and O–H groups in total. The van der Waals surface area contributed by atoms with Gasteiger partial charge in [0.15, 0.2) is 6.29 Å². The number of aliphatic carboxylic acids is 1. The molecular weight excluding hydrogens is 236 g/mol. The quantitative estimate of drug-likeness (QED) is 0.784. The van der Waals surface area contributed by atoms with Crippen molar-refractivity contribution in [3.05, 3.63) is 23.8 Å². The summed E-state index contributed by atoms with van der Waals surface area (Å²) in [4.78, 5) is 21.8. The summed E-state index contributed by atoms with van der Waals surface area (Å²) >= 11 is 0. The minimum absolute atomic E-state index is 0.0184. The Hall–Kier alpha value is -2.04. The van der Waals surface area contributed by atoms with E-state index < -0.39 is 11.4 Å². The van der Waals surface area contributed by atoms with E-state index >= 15 is 0 Å². The van der Waals surface area contributed by atoms with Crippen molar-refractivity contribution in [3.63, 3.8) is 0 Å². The lowest BCUT2D eigenvalue weighted by Gasteiger charge is -2.20. The van der Waals surface area contributed by atoms with Gasteiger partial charge in [0.25, 0.3) is 0 Å². The number of methoxy groups -OCH3 is 1. The van der Waals surface area contributed by atoms with Crippen molar-refractivity contribution in [2.45, 2.75) is 13.8 Å². The van der Waals surface area contributed by atoms with Crippen molar-refractivity contribution in [3.8, 4) is 11.5 Å². The molecule has 5 heteroatoms. The third kappa shape index (κ3) is 3.23. The third-order valence-corrected chi connectivity index (χ3v) is 2.51. The van der Waals surface area contributed by atoms with Crippen LogP contribution in [0.15, 0.2) is 18.2 Å². The molecule has 0 amide bonds. The van der Waals surface area contributed by atoms with Crippen molar-refractivity contribution < 1.29 is 24.2 Å². The van der Waals surface area contributed by atoms with Gasteiger partial charge in [0.2, 0.25) is 0 Å². The van der Waals surface area contributed by atoms with Gasteiger partial charge in [0, 0.05) is 0 Å². The minimum Gasteiger partial charge on any atom is -0.497 e. The average molecular weight is 252 g/mol. The van der Waals surface area contributed by atoms with Crippen LogP contribution in [0, 0.1) is 5.41 Å². The maximum atomic E-state index is 10.9. The Morgan fingerprint density at radius 1 is 1.44 bits per heavy atom. The Morgan fingerprint density at radius 2 is 2.11 bits per heavy atom. The van der Waals surface area contributed by atoms with Crippen molar-refractivity contribution in [2.75, 3.05) is 13.7 Å². The van der Waals surface area contributed by atoms with Gasteiger partial charge in [0.1, 0.15) is 18.1 Å². The van der Waals surface area contributed by atoms with E-state index in [0.29, 0.717) is 23.3 Å². The Balaban J connectivity index is 2.85. The second-order valence-corrected chi connectivity index (χ2v) is 4.50. The van der Waals surface area contributed by atoms with Crippen molar-refractivity contribution in [1.29, 1.82) is 0 Å². The van der Waals surface area contributed by atoms with E-state index in [-0.39, 0.29) is 6.61 Å². The van der Waals surface area contributed by atoms with Crippen molar-refractivity contribution in [2.24, 2.45) is 5.41 Å². The van der Waals surface area contributed by atoms with Crippen LogP contribution in [0.25, 0.3) is 0 Å². The van der Waals surface area contributed by atoms with Gasteiger partial charge in [-0.2, -0.15) is 0 Å². The molecular formula is C13H16O5. The molecule has 0 aliphatic heterocycles.